The fraction of sp³-hybridized carbons (Fsp3) is 0.133. The maximum absolute atomic E-state index is 12.3. The molecule has 0 unspecified atom stereocenters. The summed E-state index contributed by atoms with van der Waals surface area (Å²) in [5.74, 6) is -0.174. The van der Waals surface area contributed by atoms with E-state index in [2.05, 4.69) is 31.6 Å². The summed E-state index contributed by atoms with van der Waals surface area (Å²) in [6.45, 7) is 2.00. The maximum atomic E-state index is 12.3. The van der Waals surface area contributed by atoms with Gasteiger partial charge < -0.3 is 5.32 Å². The summed E-state index contributed by atoms with van der Waals surface area (Å²) in [5, 5.41) is 10.8. The molecule has 3 rings (SSSR count). The Bertz CT molecular complexity index is 841. The van der Waals surface area contributed by atoms with E-state index in [9.17, 15) is 4.79 Å². The minimum Gasteiger partial charge on any atom is -0.321 e. The normalized spacial score (nSPS) is 10.8. The molecule has 0 bridgehead atoms. The summed E-state index contributed by atoms with van der Waals surface area (Å²) < 4.78 is 2.53. The first kappa shape index (κ1) is 13.8. The lowest BCUT2D eigenvalue weighted by molar-refractivity contribution is 0.102. The molecule has 0 spiro atoms. The van der Waals surface area contributed by atoms with Gasteiger partial charge in [-0.3, -0.25) is 4.79 Å². The van der Waals surface area contributed by atoms with Gasteiger partial charge in [0.25, 0.3) is 5.91 Å². The van der Waals surface area contributed by atoms with Crippen LogP contribution in [0.15, 0.2) is 40.9 Å². The van der Waals surface area contributed by atoms with E-state index in [-0.39, 0.29) is 5.91 Å². The lowest BCUT2D eigenvalue weighted by Crippen LogP contribution is -2.12. The first-order valence-electron chi connectivity index (χ1n) is 6.41. The van der Waals surface area contributed by atoms with Gasteiger partial charge in [0, 0.05) is 17.1 Å². The highest BCUT2D eigenvalue weighted by Crippen LogP contribution is 2.24. The van der Waals surface area contributed by atoms with Gasteiger partial charge in [-0.2, -0.15) is 0 Å². The maximum Gasteiger partial charge on any atom is 0.255 e. The van der Waals surface area contributed by atoms with Gasteiger partial charge in [0.2, 0.25) is 0 Å². The van der Waals surface area contributed by atoms with Crippen molar-refractivity contribution in [3.05, 3.63) is 52.0 Å². The third-order valence-corrected chi connectivity index (χ3v) is 3.90. The number of nitrogens with one attached hydrogen (secondary N) is 1. The van der Waals surface area contributed by atoms with Gasteiger partial charge in [-0.05, 0) is 58.7 Å². The van der Waals surface area contributed by atoms with Gasteiger partial charge in [0.15, 0.2) is 0 Å². The summed E-state index contributed by atoms with van der Waals surface area (Å²) in [6.07, 6.45) is 0. The number of hydrogen-bond donors (Lipinski definition) is 1. The van der Waals surface area contributed by atoms with Crippen LogP contribution in [-0.2, 0) is 7.05 Å². The van der Waals surface area contributed by atoms with Gasteiger partial charge in [-0.1, -0.05) is 11.3 Å². The Labute approximate surface area is 130 Å². The Morgan fingerprint density at radius 1 is 1.24 bits per heavy atom. The Morgan fingerprint density at radius 3 is 2.81 bits per heavy atom. The van der Waals surface area contributed by atoms with Crippen molar-refractivity contribution in [2.75, 3.05) is 5.32 Å². The Balaban J connectivity index is 1.89. The molecule has 3 aromatic rings. The molecule has 0 aliphatic heterocycles. The molecule has 0 fully saturated rings. The van der Waals surface area contributed by atoms with E-state index in [1.165, 1.54) is 0 Å². The van der Waals surface area contributed by atoms with Crippen LogP contribution in [0.25, 0.3) is 11.0 Å². The molecule has 0 saturated heterocycles. The highest BCUT2D eigenvalue weighted by molar-refractivity contribution is 9.10. The van der Waals surface area contributed by atoms with Crippen LogP contribution in [0.5, 0.6) is 0 Å². The predicted molar refractivity (Wildman–Crippen MR) is 85.3 cm³/mol. The minimum absolute atomic E-state index is 0.174. The number of anilines is 1. The number of aryl methyl sites for hydroxylation is 2. The Morgan fingerprint density at radius 2 is 2.05 bits per heavy atom. The van der Waals surface area contributed by atoms with Gasteiger partial charge in [0.05, 0.1) is 11.2 Å². The van der Waals surface area contributed by atoms with Crippen molar-refractivity contribution in [2.24, 2.45) is 7.05 Å². The summed E-state index contributed by atoms with van der Waals surface area (Å²) in [4.78, 5) is 12.3. The number of hydrogen-bond acceptors (Lipinski definition) is 3. The number of rotatable bonds is 2. The molecule has 1 amide bonds. The monoisotopic (exact) mass is 344 g/mol. The zero-order chi connectivity index (χ0) is 15.0. The number of amides is 1. The second kappa shape index (κ2) is 5.29. The standard InChI is InChI=1S/C15H13BrN4O/c1-9-3-5-12(11(16)7-9)17-15(21)10-4-6-14-13(8-10)18-19-20(14)2/h3-8H,1-2H3,(H,17,21). The topological polar surface area (TPSA) is 59.8 Å². The van der Waals surface area contributed by atoms with Crippen molar-refractivity contribution < 1.29 is 4.79 Å². The SMILES string of the molecule is Cc1ccc(NC(=O)c2ccc3c(c2)nnn3C)c(Br)c1. The van der Waals surface area contributed by atoms with Gasteiger partial charge in [-0.25, -0.2) is 4.68 Å². The zero-order valence-corrected chi connectivity index (χ0v) is 13.2. The molecular weight excluding hydrogens is 332 g/mol. The van der Waals surface area contributed by atoms with E-state index in [0.29, 0.717) is 11.1 Å². The van der Waals surface area contributed by atoms with E-state index in [0.717, 1.165) is 21.2 Å². The second-order valence-electron chi connectivity index (χ2n) is 4.85. The van der Waals surface area contributed by atoms with Gasteiger partial charge >= 0.3 is 0 Å². The summed E-state index contributed by atoms with van der Waals surface area (Å²) >= 11 is 3.45. The van der Waals surface area contributed by atoms with Crippen LogP contribution in [0.1, 0.15) is 15.9 Å². The zero-order valence-electron chi connectivity index (χ0n) is 11.6. The van der Waals surface area contributed by atoms with Crippen LogP contribution in [0.4, 0.5) is 5.69 Å². The smallest absolute Gasteiger partial charge is 0.255 e. The number of carbonyl (C=O) groups is 1. The molecule has 0 radical (unpaired) electrons. The summed E-state index contributed by atoms with van der Waals surface area (Å²) in [5.41, 5.74) is 4.01. The molecule has 6 heteroatoms. The minimum atomic E-state index is -0.174. The molecule has 0 aliphatic carbocycles. The molecule has 1 N–H and O–H groups in total. The first-order valence-corrected chi connectivity index (χ1v) is 7.21. The highest BCUT2D eigenvalue weighted by Gasteiger charge is 2.11. The molecular formula is C15H13BrN4O. The van der Waals surface area contributed by atoms with Crippen LogP contribution in [0.3, 0.4) is 0 Å². The highest BCUT2D eigenvalue weighted by atomic mass is 79.9. The van der Waals surface area contributed by atoms with E-state index >= 15 is 0 Å². The number of aromatic nitrogens is 3. The van der Waals surface area contributed by atoms with E-state index in [4.69, 9.17) is 0 Å². The lowest BCUT2D eigenvalue weighted by Gasteiger charge is -2.08. The Hall–Kier alpha value is -2.21. The molecule has 0 atom stereocenters. The number of fused-ring (bicyclic) bond motifs is 1. The molecule has 1 aromatic heterocycles. The molecule has 1 heterocycles. The van der Waals surface area contributed by atoms with Crippen LogP contribution < -0.4 is 5.32 Å². The summed E-state index contributed by atoms with van der Waals surface area (Å²) in [7, 11) is 1.82. The van der Waals surface area contributed by atoms with E-state index < -0.39 is 0 Å². The Kier molecular flexibility index (Phi) is 3.47. The van der Waals surface area contributed by atoms with Crippen LogP contribution in [0.2, 0.25) is 0 Å². The molecule has 0 aliphatic rings. The molecule has 5 nitrogen and oxygen atoms in total. The van der Waals surface area contributed by atoms with Crippen molar-refractivity contribution in [3.8, 4) is 0 Å². The summed E-state index contributed by atoms with van der Waals surface area (Å²) in [6, 6.07) is 11.1. The molecule has 2 aromatic carbocycles. The largest absolute Gasteiger partial charge is 0.321 e. The van der Waals surface area contributed by atoms with Crippen molar-refractivity contribution in [2.45, 2.75) is 6.92 Å². The average Bonchev–Trinajstić information content (AvgIpc) is 2.83. The van der Waals surface area contributed by atoms with Crippen molar-refractivity contribution >= 4 is 38.6 Å². The van der Waals surface area contributed by atoms with Crippen molar-refractivity contribution in [1.82, 2.24) is 15.0 Å². The first-order chi connectivity index (χ1) is 10.0. The van der Waals surface area contributed by atoms with Gasteiger partial charge in [-0.15, -0.1) is 5.10 Å². The second-order valence-corrected chi connectivity index (χ2v) is 5.71. The third kappa shape index (κ3) is 2.67. The van der Waals surface area contributed by atoms with Crippen molar-refractivity contribution in [1.29, 1.82) is 0 Å². The lowest BCUT2D eigenvalue weighted by atomic mass is 10.1. The van der Waals surface area contributed by atoms with Gasteiger partial charge in [0.1, 0.15) is 5.52 Å². The number of nitrogens with zero attached hydrogens (tertiary/aromatic N) is 3. The van der Waals surface area contributed by atoms with E-state index in [1.807, 2.05) is 38.2 Å². The van der Waals surface area contributed by atoms with Crippen LogP contribution in [-0.4, -0.2) is 20.9 Å². The number of carbonyl (C=O) groups excluding carboxylic acids is 1. The quantitative estimate of drug-likeness (QED) is 0.775. The fourth-order valence-corrected chi connectivity index (χ4v) is 2.69. The van der Waals surface area contributed by atoms with E-state index in [1.54, 1.807) is 16.8 Å². The molecule has 21 heavy (non-hydrogen) atoms. The number of benzene rings is 2. The fourth-order valence-electron chi connectivity index (χ4n) is 2.10. The molecule has 106 valence electrons. The molecule has 0 saturated carbocycles. The average molecular weight is 345 g/mol. The number of halogens is 1. The predicted octanol–water partition coefficient (Wildman–Crippen LogP) is 3.29. The van der Waals surface area contributed by atoms with Crippen molar-refractivity contribution in [3.63, 3.8) is 0 Å². The van der Waals surface area contributed by atoms with Crippen LogP contribution in [0, 0.1) is 6.92 Å². The van der Waals surface area contributed by atoms with Crippen LogP contribution >= 0.6 is 15.9 Å². The third-order valence-electron chi connectivity index (χ3n) is 3.25.